The maximum Gasteiger partial charge on any atom is 0.370 e. The van der Waals surface area contributed by atoms with E-state index in [0.29, 0.717) is 25.8 Å². The molecule has 0 bridgehead atoms. The van der Waals surface area contributed by atoms with Crippen molar-refractivity contribution in [2.45, 2.75) is 63.5 Å². The number of unbranched alkanes of at least 4 members (excludes halogenated alkanes) is 1. The fourth-order valence-corrected chi connectivity index (χ4v) is 4.27. The van der Waals surface area contributed by atoms with E-state index in [0.717, 1.165) is 23.8 Å². The summed E-state index contributed by atoms with van der Waals surface area (Å²) in [6.45, 7) is 1.81. The summed E-state index contributed by atoms with van der Waals surface area (Å²) < 4.78 is 14.0. The van der Waals surface area contributed by atoms with Crippen molar-refractivity contribution in [3.05, 3.63) is 48.0 Å². The zero-order valence-corrected chi connectivity index (χ0v) is 25.1. The molecule has 41 heavy (non-hydrogen) atoms. The highest BCUT2D eigenvalue weighted by Gasteiger charge is 2.26. The molecule has 2 rings (SSSR count). The molecule has 0 saturated carbocycles. The number of nitrogens with one attached hydrogen (secondary N) is 3. The minimum Gasteiger partial charge on any atom is -0.538 e. The predicted octanol–water partition coefficient (Wildman–Crippen LogP) is 1.69. The second-order valence-electron chi connectivity index (χ2n) is 9.14. The summed E-state index contributed by atoms with van der Waals surface area (Å²) >= 11 is 0. The van der Waals surface area contributed by atoms with Gasteiger partial charge >= 0.3 is 31.4 Å². The molecule has 5 unspecified atom stereocenters. The first-order valence-electron chi connectivity index (χ1n) is 13.0. The van der Waals surface area contributed by atoms with Gasteiger partial charge in [0, 0.05) is 13.0 Å². The minimum absolute atomic E-state index is 0.0746. The lowest BCUT2D eigenvalue weighted by molar-refractivity contribution is -0.137. The summed E-state index contributed by atoms with van der Waals surface area (Å²) in [4.78, 5) is 60.8. The number of hydrogen-bond acceptors (Lipinski definition) is 9. The van der Waals surface area contributed by atoms with Gasteiger partial charge in [-0.05, 0) is 48.4 Å². The third-order valence-corrected chi connectivity index (χ3v) is 6.62. The Morgan fingerprint density at radius 3 is 2.24 bits per heavy atom. The van der Waals surface area contributed by atoms with Gasteiger partial charge in [-0.3, -0.25) is 14.4 Å². The predicted molar refractivity (Wildman–Crippen MR) is 160 cm³/mol. The molecule has 2 aromatic carbocycles. The largest absolute Gasteiger partial charge is 0.538 e. The van der Waals surface area contributed by atoms with Gasteiger partial charge < -0.3 is 35.4 Å². The van der Waals surface area contributed by atoms with E-state index in [1.807, 2.05) is 61.4 Å². The molecule has 0 aromatic heterocycles. The monoisotopic (exact) mass is 605 g/mol. The van der Waals surface area contributed by atoms with Crippen LogP contribution >= 0.6 is 18.9 Å². The van der Waals surface area contributed by atoms with Crippen molar-refractivity contribution in [3.63, 3.8) is 0 Å². The Morgan fingerprint density at radius 1 is 0.902 bits per heavy atom. The van der Waals surface area contributed by atoms with Crippen LogP contribution in [0.15, 0.2) is 42.5 Å². The standard InChI is InChI=1S/C26H36BN4O8P2/c1-27-37-24(34)21(11-12-22(32)38-40)31-26(36)30-20(25(35)39-41)8-4-5-13-29-23(33)19(28)15-16-9-10-17-6-2-3-7-18(17)14-16/h2-3,6-7,9-10,14,19-21H,4-5,8,11-13,15,28,40-41H2,1H3,(H,29,33)(H2,30,31,36). The molecular weight excluding hydrogens is 569 g/mol. The first kappa shape index (κ1) is 33.9. The molecule has 0 aliphatic heterocycles. The van der Waals surface area contributed by atoms with E-state index in [-0.39, 0.29) is 25.2 Å². The summed E-state index contributed by atoms with van der Waals surface area (Å²) in [6, 6.07) is 10.2. The number of rotatable bonds is 16. The van der Waals surface area contributed by atoms with E-state index in [9.17, 15) is 24.0 Å². The fraction of sp³-hybridized carbons (Fsp3) is 0.423. The van der Waals surface area contributed by atoms with Gasteiger partial charge in [-0.15, -0.1) is 0 Å². The maximum absolute atomic E-state index is 12.5. The summed E-state index contributed by atoms with van der Waals surface area (Å²) in [6.07, 6.45) is 1.34. The van der Waals surface area contributed by atoms with Crippen molar-refractivity contribution in [1.29, 1.82) is 0 Å². The Kier molecular flexibility index (Phi) is 15.1. The SMILES string of the molecule is C[B]OC(=O)C(CCC(=O)OP)NC(=O)NC(CCCCNC(=O)C(N)Cc1ccc2ccccc2c1)C(=O)OP. The molecule has 0 fully saturated rings. The van der Waals surface area contributed by atoms with E-state index in [1.165, 1.54) is 6.82 Å². The van der Waals surface area contributed by atoms with E-state index >= 15 is 0 Å². The zero-order chi connectivity index (χ0) is 30.2. The Labute approximate surface area is 244 Å². The number of carbonyl (C=O) groups is 5. The van der Waals surface area contributed by atoms with E-state index in [2.05, 4.69) is 20.5 Å². The molecule has 0 saturated heterocycles. The molecule has 5 atom stereocenters. The van der Waals surface area contributed by atoms with Crippen LogP contribution in [0.4, 0.5) is 4.79 Å². The van der Waals surface area contributed by atoms with Crippen LogP contribution in [-0.2, 0) is 39.3 Å². The van der Waals surface area contributed by atoms with Crippen LogP contribution < -0.4 is 21.7 Å². The average Bonchev–Trinajstić information content (AvgIpc) is 2.97. The van der Waals surface area contributed by atoms with Crippen LogP contribution in [0, 0.1) is 0 Å². The van der Waals surface area contributed by atoms with Crippen molar-refractivity contribution in [2.24, 2.45) is 5.73 Å². The molecule has 221 valence electrons. The molecule has 5 N–H and O–H groups in total. The van der Waals surface area contributed by atoms with E-state index in [1.54, 1.807) is 0 Å². The summed E-state index contributed by atoms with van der Waals surface area (Å²) in [5.41, 5.74) is 7.06. The molecule has 0 heterocycles. The van der Waals surface area contributed by atoms with Gasteiger partial charge in [-0.25, -0.2) is 9.59 Å². The molecule has 0 spiro atoms. The summed E-state index contributed by atoms with van der Waals surface area (Å²) in [5, 5.41) is 9.86. The van der Waals surface area contributed by atoms with Crippen LogP contribution in [0.1, 0.15) is 37.7 Å². The number of amides is 3. The van der Waals surface area contributed by atoms with Gasteiger partial charge in [0.1, 0.15) is 12.1 Å². The van der Waals surface area contributed by atoms with Gasteiger partial charge in [0.2, 0.25) is 5.91 Å². The number of carbonyl (C=O) groups excluding carboxylic acids is 5. The normalized spacial score (nSPS) is 12.8. The second-order valence-corrected chi connectivity index (χ2v) is 9.61. The number of fused-ring (bicyclic) bond motifs is 1. The zero-order valence-electron chi connectivity index (χ0n) is 22.8. The number of benzene rings is 2. The Hall–Kier alpha value is -3.27. The van der Waals surface area contributed by atoms with Gasteiger partial charge in [-0.2, -0.15) is 0 Å². The number of hydrogen-bond donors (Lipinski definition) is 4. The lowest BCUT2D eigenvalue weighted by atomic mass is 10.0. The third-order valence-electron chi connectivity index (χ3n) is 6.12. The van der Waals surface area contributed by atoms with Gasteiger partial charge in [0.05, 0.1) is 25.0 Å². The smallest absolute Gasteiger partial charge is 0.370 e. The molecule has 1 radical (unpaired) electrons. The highest BCUT2D eigenvalue weighted by atomic mass is 31.0. The topological polar surface area (TPSA) is 175 Å². The van der Waals surface area contributed by atoms with Gasteiger partial charge in [0.15, 0.2) is 0 Å². The van der Waals surface area contributed by atoms with Crippen molar-refractivity contribution in [3.8, 4) is 0 Å². The second kappa shape index (κ2) is 18.2. The third kappa shape index (κ3) is 12.0. The van der Waals surface area contributed by atoms with Crippen LogP contribution in [0.25, 0.3) is 10.8 Å². The molecular formula is C26H36BN4O8P2. The number of nitrogens with two attached hydrogens (primary N) is 1. The molecule has 15 heteroatoms. The van der Waals surface area contributed by atoms with Crippen molar-refractivity contribution in [1.82, 2.24) is 16.0 Å². The first-order chi connectivity index (χ1) is 19.7. The quantitative estimate of drug-likeness (QED) is 0.126. The Bertz CT molecular complexity index is 1210. The molecule has 0 aliphatic carbocycles. The average molecular weight is 605 g/mol. The molecule has 0 aliphatic rings. The van der Waals surface area contributed by atoms with Gasteiger partial charge in [-0.1, -0.05) is 49.3 Å². The molecule has 12 nitrogen and oxygen atoms in total. The lowest BCUT2D eigenvalue weighted by Gasteiger charge is -2.21. The maximum atomic E-state index is 12.5. The van der Waals surface area contributed by atoms with Crippen LogP contribution in [0.3, 0.4) is 0 Å². The molecule has 3 amide bonds. The van der Waals surface area contributed by atoms with Gasteiger partial charge in [0.25, 0.3) is 0 Å². The lowest BCUT2D eigenvalue weighted by Crippen LogP contribution is -2.51. The highest BCUT2D eigenvalue weighted by molar-refractivity contribution is 7.11. The van der Waals surface area contributed by atoms with Crippen LogP contribution in [0.2, 0.25) is 6.82 Å². The van der Waals surface area contributed by atoms with Crippen LogP contribution in [-0.4, -0.2) is 62.0 Å². The van der Waals surface area contributed by atoms with Crippen molar-refractivity contribution < 1.29 is 37.7 Å². The summed E-state index contributed by atoms with van der Waals surface area (Å²) in [5.74, 6) is -2.37. The van der Waals surface area contributed by atoms with E-state index in [4.69, 9.17) is 14.9 Å². The fourth-order valence-electron chi connectivity index (χ4n) is 3.99. The number of urea groups is 1. The highest BCUT2D eigenvalue weighted by Crippen LogP contribution is 2.16. The van der Waals surface area contributed by atoms with Crippen molar-refractivity contribution >= 4 is 67.0 Å². The Morgan fingerprint density at radius 2 is 1.59 bits per heavy atom. The minimum atomic E-state index is -1.16. The summed E-state index contributed by atoms with van der Waals surface area (Å²) in [7, 11) is 4.78. The molecule has 2 aromatic rings. The Balaban J connectivity index is 1.80. The van der Waals surface area contributed by atoms with Crippen molar-refractivity contribution in [2.75, 3.05) is 6.54 Å². The van der Waals surface area contributed by atoms with E-state index < -0.39 is 42.1 Å². The van der Waals surface area contributed by atoms with Crippen LogP contribution in [0.5, 0.6) is 0 Å². The first-order valence-corrected chi connectivity index (χ1v) is 14.0.